The summed E-state index contributed by atoms with van der Waals surface area (Å²) in [5.74, 6) is -7.09. The zero-order valence-corrected chi connectivity index (χ0v) is 28.0. The number of ether oxygens (including phenoxy) is 1. The number of alkyl halides is 2. The molecule has 11 heteroatoms. The summed E-state index contributed by atoms with van der Waals surface area (Å²) in [7, 11) is 0. The first-order chi connectivity index (χ1) is 22.2. The van der Waals surface area contributed by atoms with E-state index >= 15 is 0 Å². The fourth-order valence-corrected chi connectivity index (χ4v) is 7.03. The standard InChI is InChI=1S/C36H38Cl2F2N2O5/c1-35(2,3)47-34(46)36(39,40)22-10-8-9-21(19-22)17-18-41-32(44)30-24-11-4-5-12-25(24)33(45)42(28-13-6-7-14-29(28)43)31(30)26-16-15-23(37)20-27(26)38/h4-5,8-12,15-16,19-20,28-31,43H,6-7,13-14,17-18H2,1-3H3,(H,41,44)/t28-,29-,30+,31-/m0/s1. The van der Waals surface area contributed by atoms with Crippen LogP contribution < -0.4 is 5.32 Å². The van der Waals surface area contributed by atoms with Crippen LogP contribution in [-0.4, -0.2) is 52.1 Å². The number of carbonyl (C=O) groups is 3. The van der Waals surface area contributed by atoms with Gasteiger partial charge in [0.05, 0.1) is 24.1 Å². The number of benzene rings is 3. The smallest absolute Gasteiger partial charge is 0.382 e. The van der Waals surface area contributed by atoms with Gasteiger partial charge < -0.3 is 20.1 Å². The van der Waals surface area contributed by atoms with Crippen LogP contribution in [0.25, 0.3) is 0 Å². The molecule has 0 spiro atoms. The highest BCUT2D eigenvalue weighted by atomic mass is 35.5. The molecule has 0 radical (unpaired) electrons. The summed E-state index contributed by atoms with van der Waals surface area (Å²) in [4.78, 5) is 42.2. The summed E-state index contributed by atoms with van der Waals surface area (Å²) in [6, 6.07) is 15.9. The Morgan fingerprint density at radius 3 is 2.40 bits per heavy atom. The molecule has 47 heavy (non-hydrogen) atoms. The van der Waals surface area contributed by atoms with Crippen LogP contribution in [0.5, 0.6) is 0 Å². The summed E-state index contributed by atoms with van der Waals surface area (Å²) < 4.78 is 34.9. The van der Waals surface area contributed by atoms with Gasteiger partial charge in [-0.15, -0.1) is 0 Å². The van der Waals surface area contributed by atoms with Gasteiger partial charge in [0.15, 0.2) is 0 Å². The van der Waals surface area contributed by atoms with Gasteiger partial charge in [0.1, 0.15) is 5.60 Å². The molecule has 2 amide bonds. The number of amides is 2. The Morgan fingerprint density at radius 1 is 0.979 bits per heavy atom. The van der Waals surface area contributed by atoms with E-state index in [9.17, 15) is 28.3 Å². The molecule has 1 saturated carbocycles. The molecule has 1 fully saturated rings. The molecule has 0 saturated heterocycles. The maximum absolute atomic E-state index is 15.0. The van der Waals surface area contributed by atoms with Crippen molar-refractivity contribution in [1.29, 1.82) is 0 Å². The van der Waals surface area contributed by atoms with Crippen molar-refractivity contribution in [2.24, 2.45) is 0 Å². The van der Waals surface area contributed by atoms with Crippen molar-refractivity contribution in [3.8, 4) is 0 Å². The summed E-state index contributed by atoms with van der Waals surface area (Å²) in [5, 5.41) is 14.7. The number of rotatable bonds is 8. The van der Waals surface area contributed by atoms with E-state index < -0.39 is 53.1 Å². The Morgan fingerprint density at radius 2 is 1.70 bits per heavy atom. The number of aliphatic hydroxyl groups is 1. The molecule has 0 aromatic heterocycles. The number of fused-ring (bicyclic) bond motifs is 1. The van der Waals surface area contributed by atoms with Crippen LogP contribution >= 0.6 is 23.2 Å². The van der Waals surface area contributed by atoms with E-state index in [1.54, 1.807) is 53.4 Å². The van der Waals surface area contributed by atoms with E-state index in [0.29, 0.717) is 40.1 Å². The lowest BCUT2D eigenvalue weighted by molar-refractivity contribution is -0.185. The minimum atomic E-state index is -3.86. The van der Waals surface area contributed by atoms with E-state index in [2.05, 4.69) is 5.32 Å². The quantitative estimate of drug-likeness (QED) is 0.241. The van der Waals surface area contributed by atoms with Crippen molar-refractivity contribution in [3.05, 3.63) is 105 Å². The van der Waals surface area contributed by atoms with Crippen molar-refractivity contribution in [2.45, 2.75) is 88.5 Å². The first-order valence-electron chi connectivity index (χ1n) is 15.7. The van der Waals surface area contributed by atoms with Gasteiger partial charge in [0.2, 0.25) is 5.91 Å². The van der Waals surface area contributed by atoms with Gasteiger partial charge in [-0.2, -0.15) is 8.78 Å². The molecule has 2 N–H and O–H groups in total. The molecule has 3 aromatic rings. The molecule has 3 aromatic carbocycles. The molecular weight excluding hydrogens is 649 g/mol. The van der Waals surface area contributed by atoms with Crippen molar-refractivity contribution >= 4 is 41.0 Å². The van der Waals surface area contributed by atoms with Gasteiger partial charge in [-0.3, -0.25) is 9.59 Å². The second kappa shape index (κ2) is 13.9. The second-order valence-corrected chi connectivity index (χ2v) is 14.0. The Bertz CT molecular complexity index is 1660. The molecule has 1 aliphatic heterocycles. The fourth-order valence-electron chi connectivity index (χ4n) is 6.51. The molecule has 1 aliphatic carbocycles. The average molecular weight is 688 g/mol. The van der Waals surface area contributed by atoms with Gasteiger partial charge in [-0.1, -0.05) is 78.5 Å². The number of esters is 1. The minimum Gasteiger partial charge on any atom is -0.455 e. The topological polar surface area (TPSA) is 95.9 Å². The normalized spacial score (nSPS) is 21.6. The third kappa shape index (κ3) is 7.47. The minimum absolute atomic E-state index is 0.0834. The van der Waals surface area contributed by atoms with Crippen molar-refractivity contribution in [3.63, 3.8) is 0 Å². The monoisotopic (exact) mass is 686 g/mol. The SMILES string of the molecule is CC(C)(C)OC(=O)C(F)(F)c1cccc(CCNC(=O)[C@@H]2c3ccccc3C(=O)N([C@H]3CCCC[C@@H]3O)[C@H]2c2ccc(Cl)cc2Cl)c1. The van der Waals surface area contributed by atoms with E-state index in [1.807, 2.05) is 0 Å². The molecule has 7 nitrogen and oxygen atoms in total. The van der Waals surface area contributed by atoms with Gasteiger partial charge >= 0.3 is 11.9 Å². The lowest BCUT2D eigenvalue weighted by Gasteiger charge is -2.48. The number of aliphatic hydroxyl groups excluding tert-OH is 1. The highest BCUT2D eigenvalue weighted by Crippen LogP contribution is 2.47. The highest BCUT2D eigenvalue weighted by Gasteiger charge is 2.49. The number of carbonyl (C=O) groups excluding carboxylic acids is 3. The van der Waals surface area contributed by atoms with Crippen LogP contribution in [0, 0.1) is 0 Å². The van der Waals surface area contributed by atoms with E-state index in [1.165, 1.54) is 32.9 Å². The average Bonchev–Trinajstić information content (AvgIpc) is 3.01. The summed E-state index contributed by atoms with van der Waals surface area (Å²) in [5.41, 5.74) is 0.303. The van der Waals surface area contributed by atoms with Gasteiger partial charge in [0, 0.05) is 27.7 Å². The molecule has 5 rings (SSSR count). The molecule has 1 heterocycles. The van der Waals surface area contributed by atoms with Gasteiger partial charge in [-0.25, -0.2) is 4.79 Å². The number of nitrogens with one attached hydrogen (secondary N) is 1. The third-order valence-corrected chi connectivity index (χ3v) is 9.21. The van der Waals surface area contributed by atoms with Crippen molar-refractivity contribution < 1.29 is 33.0 Å². The van der Waals surface area contributed by atoms with E-state index in [0.717, 1.165) is 18.9 Å². The number of halogens is 4. The molecule has 250 valence electrons. The number of nitrogens with zero attached hydrogens (tertiary/aromatic N) is 1. The molecular formula is C36H38Cl2F2N2O5. The summed E-state index contributed by atoms with van der Waals surface area (Å²) in [6.45, 7) is 4.63. The molecule has 0 bridgehead atoms. The largest absolute Gasteiger partial charge is 0.455 e. The maximum atomic E-state index is 15.0. The fraction of sp³-hybridized carbons (Fsp3) is 0.417. The van der Waals surface area contributed by atoms with Crippen LogP contribution in [0.2, 0.25) is 10.0 Å². The molecule has 0 unspecified atom stereocenters. The third-order valence-electron chi connectivity index (χ3n) is 8.65. The highest BCUT2D eigenvalue weighted by molar-refractivity contribution is 6.35. The first kappa shape index (κ1) is 34.8. The second-order valence-electron chi connectivity index (χ2n) is 13.1. The number of hydrogen-bond acceptors (Lipinski definition) is 5. The predicted octanol–water partition coefficient (Wildman–Crippen LogP) is 7.37. The lowest BCUT2D eigenvalue weighted by Crippen LogP contribution is -2.55. The van der Waals surface area contributed by atoms with Crippen LogP contribution in [-0.2, 0) is 26.7 Å². The first-order valence-corrected chi connectivity index (χ1v) is 16.5. The zero-order valence-electron chi connectivity index (χ0n) is 26.4. The Labute approximate surface area is 283 Å². The van der Waals surface area contributed by atoms with Crippen molar-refractivity contribution in [1.82, 2.24) is 10.2 Å². The van der Waals surface area contributed by atoms with Crippen LogP contribution in [0.1, 0.15) is 91.0 Å². The zero-order chi connectivity index (χ0) is 34.1. The number of hydrogen-bond donors (Lipinski definition) is 2. The lowest BCUT2D eigenvalue weighted by atomic mass is 9.76. The Balaban J connectivity index is 1.44. The van der Waals surface area contributed by atoms with Crippen molar-refractivity contribution in [2.75, 3.05) is 6.54 Å². The van der Waals surface area contributed by atoms with Gasteiger partial charge in [0.25, 0.3) is 5.91 Å². The van der Waals surface area contributed by atoms with Gasteiger partial charge in [-0.05, 0) is 81.0 Å². The van der Waals surface area contributed by atoms with E-state index in [-0.39, 0.29) is 23.9 Å². The van der Waals surface area contributed by atoms with Crippen LogP contribution in [0.3, 0.4) is 0 Å². The summed E-state index contributed by atoms with van der Waals surface area (Å²) >= 11 is 13.0. The molecule has 4 atom stereocenters. The maximum Gasteiger partial charge on any atom is 0.382 e. The van der Waals surface area contributed by atoms with E-state index in [4.69, 9.17) is 27.9 Å². The summed E-state index contributed by atoms with van der Waals surface area (Å²) in [6.07, 6.45) is 2.15. The predicted molar refractivity (Wildman–Crippen MR) is 176 cm³/mol. The Kier molecular flexibility index (Phi) is 10.3. The van der Waals surface area contributed by atoms with Crippen LogP contribution in [0.15, 0.2) is 66.7 Å². The van der Waals surface area contributed by atoms with Crippen LogP contribution in [0.4, 0.5) is 8.78 Å². The Hall–Kier alpha value is -3.53. The molecule has 2 aliphatic rings.